The van der Waals surface area contributed by atoms with Crippen molar-refractivity contribution in [3.8, 4) is 0 Å². The molecule has 0 atom stereocenters. The average Bonchev–Trinajstić information content (AvgIpc) is 2.27. The molecule has 0 radical (unpaired) electrons. The van der Waals surface area contributed by atoms with Gasteiger partial charge in [0, 0.05) is 17.8 Å². The fraction of sp³-hybridized carbons (Fsp3) is 0.100. The summed E-state index contributed by atoms with van der Waals surface area (Å²) in [6.45, 7) is -0.339. The second-order valence-corrected chi connectivity index (χ2v) is 3.09. The van der Waals surface area contributed by atoms with Crippen molar-refractivity contribution in [3.63, 3.8) is 0 Å². The van der Waals surface area contributed by atoms with Crippen molar-refractivity contribution < 1.29 is 10.0 Å². The Kier molecular flexibility index (Phi) is 2.31. The maximum absolute atomic E-state index is 10.9. The molecule has 1 aromatic carbocycles. The van der Waals surface area contributed by atoms with Crippen molar-refractivity contribution in [1.82, 2.24) is 4.98 Å². The molecule has 0 aliphatic rings. The van der Waals surface area contributed by atoms with Gasteiger partial charge in [-0.15, -0.1) is 0 Å². The molecular weight excluding hydrogens is 196 g/mol. The largest absolute Gasteiger partial charge is 0.391 e. The van der Waals surface area contributed by atoms with Gasteiger partial charge in [0.15, 0.2) is 0 Å². The summed E-state index contributed by atoms with van der Waals surface area (Å²) < 4.78 is 0. The van der Waals surface area contributed by atoms with Gasteiger partial charge in [-0.2, -0.15) is 0 Å². The summed E-state index contributed by atoms with van der Waals surface area (Å²) in [5.41, 5.74) is 0.274. The van der Waals surface area contributed by atoms with Crippen LogP contribution in [0, 0.1) is 10.1 Å². The lowest BCUT2D eigenvalue weighted by molar-refractivity contribution is -0.384. The van der Waals surface area contributed by atoms with E-state index in [-0.39, 0.29) is 12.3 Å². The number of aromatic nitrogens is 1. The van der Waals surface area contributed by atoms with Crippen LogP contribution < -0.4 is 0 Å². The highest BCUT2D eigenvalue weighted by atomic mass is 16.6. The zero-order valence-corrected chi connectivity index (χ0v) is 7.75. The van der Waals surface area contributed by atoms with E-state index in [1.54, 1.807) is 24.4 Å². The number of fused-ring (bicyclic) bond motifs is 1. The standard InChI is InChI=1S/C10H8N2O3/c13-6-8-2-1-7-5-11-4-3-9(7)10(8)12(14)15/h1-5,13H,6H2. The van der Waals surface area contributed by atoms with Crippen molar-refractivity contribution in [2.45, 2.75) is 6.61 Å². The van der Waals surface area contributed by atoms with Gasteiger partial charge >= 0.3 is 0 Å². The third-order valence-corrected chi connectivity index (χ3v) is 2.23. The summed E-state index contributed by atoms with van der Waals surface area (Å²) in [4.78, 5) is 14.3. The summed E-state index contributed by atoms with van der Waals surface area (Å²) in [7, 11) is 0. The minimum Gasteiger partial charge on any atom is -0.391 e. The normalized spacial score (nSPS) is 10.5. The molecule has 0 saturated carbocycles. The lowest BCUT2D eigenvalue weighted by Crippen LogP contribution is -1.96. The monoisotopic (exact) mass is 204 g/mol. The van der Waals surface area contributed by atoms with Crippen molar-refractivity contribution in [1.29, 1.82) is 0 Å². The maximum atomic E-state index is 10.9. The number of hydrogen-bond donors (Lipinski definition) is 1. The smallest absolute Gasteiger partial charge is 0.282 e. The summed E-state index contributed by atoms with van der Waals surface area (Å²) in [5, 5.41) is 21.1. The van der Waals surface area contributed by atoms with E-state index in [1.165, 1.54) is 6.20 Å². The SMILES string of the molecule is O=[N+]([O-])c1c(CO)ccc2cnccc12. The topological polar surface area (TPSA) is 76.3 Å². The molecule has 1 N–H and O–H groups in total. The zero-order chi connectivity index (χ0) is 10.8. The molecule has 0 fully saturated rings. The van der Waals surface area contributed by atoms with Crippen LogP contribution in [0.1, 0.15) is 5.56 Å². The number of pyridine rings is 1. The van der Waals surface area contributed by atoms with Gasteiger partial charge in [0.1, 0.15) is 0 Å². The quantitative estimate of drug-likeness (QED) is 0.595. The molecule has 0 saturated heterocycles. The van der Waals surface area contributed by atoms with Crippen LogP contribution in [0.15, 0.2) is 30.6 Å². The summed E-state index contributed by atoms with van der Waals surface area (Å²) in [5.74, 6) is 0. The number of nitro groups is 1. The number of benzene rings is 1. The van der Waals surface area contributed by atoms with E-state index >= 15 is 0 Å². The number of aliphatic hydroxyl groups is 1. The first kappa shape index (κ1) is 9.54. The van der Waals surface area contributed by atoms with Gasteiger partial charge in [0.2, 0.25) is 0 Å². The van der Waals surface area contributed by atoms with E-state index in [2.05, 4.69) is 4.98 Å². The molecule has 2 aromatic rings. The van der Waals surface area contributed by atoms with Gasteiger partial charge in [-0.1, -0.05) is 6.07 Å². The second kappa shape index (κ2) is 3.62. The average molecular weight is 204 g/mol. The first-order valence-corrected chi connectivity index (χ1v) is 4.35. The van der Waals surface area contributed by atoms with Gasteiger partial charge in [-0.05, 0) is 12.1 Å². The minimum absolute atomic E-state index is 0.0441. The Bertz CT molecular complexity index is 525. The number of nitro benzene ring substituents is 1. The van der Waals surface area contributed by atoms with E-state index < -0.39 is 4.92 Å². The Balaban J connectivity index is 2.85. The maximum Gasteiger partial charge on any atom is 0.282 e. The van der Waals surface area contributed by atoms with Crippen LogP contribution >= 0.6 is 0 Å². The van der Waals surface area contributed by atoms with Crippen LogP contribution in [0.5, 0.6) is 0 Å². The van der Waals surface area contributed by atoms with Crippen molar-refractivity contribution in [2.75, 3.05) is 0 Å². The predicted molar refractivity (Wildman–Crippen MR) is 54.3 cm³/mol. The van der Waals surface area contributed by atoms with Gasteiger partial charge < -0.3 is 5.11 Å². The molecule has 0 unspecified atom stereocenters. The van der Waals surface area contributed by atoms with Crippen molar-refractivity contribution >= 4 is 16.5 Å². The Morgan fingerprint density at radius 2 is 2.20 bits per heavy atom. The van der Waals surface area contributed by atoms with Crippen molar-refractivity contribution in [2.24, 2.45) is 0 Å². The van der Waals surface area contributed by atoms with Crippen LogP contribution in [0.25, 0.3) is 10.8 Å². The van der Waals surface area contributed by atoms with E-state index in [1.807, 2.05) is 0 Å². The molecular formula is C10H8N2O3. The molecule has 1 heterocycles. The second-order valence-electron chi connectivity index (χ2n) is 3.09. The van der Waals surface area contributed by atoms with E-state index in [9.17, 15) is 10.1 Å². The molecule has 0 aliphatic carbocycles. The van der Waals surface area contributed by atoms with Crippen LogP contribution in [0.2, 0.25) is 0 Å². The lowest BCUT2D eigenvalue weighted by Gasteiger charge is -2.02. The lowest BCUT2D eigenvalue weighted by atomic mass is 10.1. The highest BCUT2D eigenvalue weighted by Crippen LogP contribution is 2.28. The third-order valence-electron chi connectivity index (χ3n) is 2.23. The molecule has 1 aromatic heterocycles. The van der Waals surface area contributed by atoms with Crippen LogP contribution in [0.3, 0.4) is 0 Å². The van der Waals surface area contributed by atoms with Gasteiger partial charge in [-0.3, -0.25) is 15.1 Å². The fourth-order valence-corrected chi connectivity index (χ4v) is 1.54. The molecule has 0 spiro atoms. The fourth-order valence-electron chi connectivity index (χ4n) is 1.54. The predicted octanol–water partition coefficient (Wildman–Crippen LogP) is 1.64. The summed E-state index contributed by atoms with van der Waals surface area (Å²) in [6, 6.07) is 4.83. The van der Waals surface area contributed by atoms with Crippen LogP contribution in [0.4, 0.5) is 5.69 Å². The van der Waals surface area contributed by atoms with Crippen molar-refractivity contribution in [3.05, 3.63) is 46.3 Å². The molecule has 76 valence electrons. The number of hydrogen-bond acceptors (Lipinski definition) is 4. The first-order valence-electron chi connectivity index (χ1n) is 4.35. The zero-order valence-electron chi connectivity index (χ0n) is 7.75. The minimum atomic E-state index is -0.478. The third kappa shape index (κ3) is 1.53. The van der Waals surface area contributed by atoms with E-state index in [0.29, 0.717) is 16.3 Å². The summed E-state index contributed by atoms with van der Waals surface area (Å²) in [6.07, 6.45) is 3.06. The number of nitrogens with zero attached hydrogens (tertiary/aromatic N) is 2. The van der Waals surface area contributed by atoms with E-state index in [0.717, 1.165) is 0 Å². The highest BCUT2D eigenvalue weighted by Gasteiger charge is 2.17. The molecule has 15 heavy (non-hydrogen) atoms. The molecule has 0 amide bonds. The van der Waals surface area contributed by atoms with E-state index in [4.69, 9.17) is 5.11 Å². The molecule has 2 rings (SSSR count). The molecule has 0 aliphatic heterocycles. The Morgan fingerprint density at radius 1 is 1.40 bits per heavy atom. The molecule has 5 nitrogen and oxygen atoms in total. The molecule has 0 bridgehead atoms. The Morgan fingerprint density at radius 3 is 2.87 bits per heavy atom. The first-order chi connectivity index (χ1) is 7.24. The number of rotatable bonds is 2. The highest BCUT2D eigenvalue weighted by molar-refractivity contribution is 5.91. The van der Waals surface area contributed by atoms with Crippen LogP contribution in [-0.2, 0) is 6.61 Å². The number of aliphatic hydroxyl groups excluding tert-OH is 1. The molecule has 5 heteroatoms. The van der Waals surface area contributed by atoms with Gasteiger partial charge in [-0.25, -0.2) is 0 Å². The Labute approximate surface area is 85.1 Å². The van der Waals surface area contributed by atoms with Gasteiger partial charge in [0.25, 0.3) is 5.69 Å². The van der Waals surface area contributed by atoms with Crippen LogP contribution in [-0.4, -0.2) is 15.0 Å². The van der Waals surface area contributed by atoms with Gasteiger partial charge in [0.05, 0.1) is 22.5 Å². The summed E-state index contributed by atoms with van der Waals surface area (Å²) >= 11 is 0. The Hall–Kier alpha value is -2.01.